The highest BCUT2D eigenvalue weighted by Crippen LogP contribution is 2.07. The zero-order chi connectivity index (χ0) is 11.3. The summed E-state index contributed by atoms with van der Waals surface area (Å²) in [7, 11) is 0. The van der Waals surface area contributed by atoms with Crippen LogP contribution in [0, 0.1) is 0 Å². The van der Waals surface area contributed by atoms with Crippen molar-refractivity contribution in [1.29, 1.82) is 0 Å². The highest BCUT2D eigenvalue weighted by atomic mass is 16.4. The molecular weight excluding hydrogens is 194 g/mol. The standard InChI is InChI=1S/C7H17NO6/c8-1-3(10)5(12)7(14)6(13)4(11)2-9/h3-7,9-14H,1-2,8H2/t3-,4?,5+,6+,7-/m0/s1. The lowest BCUT2D eigenvalue weighted by Crippen LogP contribution is -2.51. The molecule has 0 aromatic rings. The molecule has 86 valence electrons. The first-order valence-electron chi connectivity index (χ1n) is 4.17. The van der Waals surface area contributed by atoms with E-state index >= 15 is 0 Å². The second-order valence-corrected chi connectivity index (χ2v) is 3.02. The normalized spacial score (nSPS) is 22.5. The van der Waals surface area contributed by atoms with Crippen LogP contribution in [0.25, 0.3) is 0 Å². The maximum absolute atomic E-state index is 9.20. The van der Waals surface area contributed by atoms with E-state index in [-0.39, 0.29) is 6.54 Å². The fraction of sp³-hybridized carbons (Fsp3) is 1.00. The maximum atomic E-state index is 9.20. The van der Waals surface area contributed by atoms with Gasteiger partial charge >= 0.3 is 0 Å². The number of hydrogen-bond acceptors (Lipinski definition) is 7. The van der Waals surface area contributed by atoms with E-state index in [4.69, 9.17) is 31.3 Å². The molecule has 0 fully saturated rings. The van der Waals surface area contributed by atoms with Gasteiger partial charge in [0.05, 0.1) is 12.7 Å². The summed E-state index contributed by atoms with van der Waals surface area (Å²) in [5.74, 6) is 0. The van der Waals surface area contributed by atoms with Gasteiger partial charge in [-0.25, -0.2) is 0 Å². The van der Waals surface area contributed by atoms with Crippen LogP contribution in [0.2, 0.25) is 0 Å². The third-order valence-electron chi connectivity index (χ3n) is 1.92. The molecule has 0 saturated heterocycles. The van der Waals surface area contributed by atoms with Crippen LogP contribution in [-0.2, 0) is 0 Å². The number of aliphatic hydroxyl groups is 6. The predicted molar refractivity (Wildman–Crippen MR) is 46.2 cm³/mol. The average Bonchev–Trinajstić information content (AvgIpc) is 2.23. The molecule has 0 radical (unpaired) electrons. The van der Waals surface area contributed by atoms with Gasteiger partial charge in [0.15, 0.2) is 0 Å². The molecule has 0 aliphatic rings. The van der Waals surface area contributed by atoms with E-state index in [0.29, 0.717) is 0 Å². The smallest absolute Gasteiger partial charge is 0.111 e. The highest BCUT2D eigenvalue weighted by Gasteiger charge is 2.33. The van der Waals surface area contributed by atoms with Crippen molar-refractivity contribution in [3.05, 3.63) is 0 Å². The molecule has 0 heterocycles. The molecule has 0 saturated carbocycles. The molecule has 0 aliphatic carbocycles. The van der Waals surface area contributed by atoms with Gasteiger partial charge in [0, 0.05) is 6.54 Å². The highest BCUT2D eigenvalue weighted by molar-refractivity contribution is 4.84. The molecule has 7 heteroatoms. The molecule has 7 nitrogen and oxygen atoms in total. The number of aliphatic hydroxyl groups excluding tert-OH is 6. The largest absolute Gasteiger partial charge is 0.394 e. The van der Waals surface area contributed by atoms with Gasteiger partial charge in [0.1, 0.15) is 24.4 Å². The Morgan fingerprint density at radius 2 is 1.21 bits per heavy atom. The van der Waals surface area contributed by atoms with Crippen molar-refractivity contribution >= 4 is 0 Å². The summed E-state index contributed by atoms with van der Waals surface area (Å²) in [4.78, 5) is 0. The molecule has 0 bridgehead atoms. The van der Waals surface area contributed by atoms with E-state index in [1.807, 2.05) is 0 Å². The van der Waals surface area contributed by atoms with Crippen molar-refractivity contribution in [2.45, 2.75) is 30.5 Å². The van der Waals surface area contributed by atoms with Crippen LogP contribution in [0.5, 0.6) is 0 Å². The topological polar surface area (TPSA) is 147 Å². The summed E-state index contributed by atoms with van der Waals surface area (Å²) in [6.07, 6.45) is -8.15. The number of nitrogens with two attached hydrogens (primary N) is 1. The Labute approximate surface area is 81.0 Å². The second kappa shape index (κ2) is 6.25. The molecular formula is C7H17NO6. The Morgan fingerprint density at radius 1 is 0.786 bits per heavy atom. The van der Waals surface area contributed by atoms with Gasteiger partial charge in [0.25, 0.3) is 0 Å². The quantitative estimate of drug-likeness (QED) is 0.235. The molecule has 14 heavy (non-hydrogen) atoms. The van der Waals surface area contributed by atoms with E-state index in [9.17, 15) is 5.11 Å². The lowest BCUT2D eigenvalue weighted by molar-refractivity contribution is -0.138. The van der Waals surface area contributed by atoms with Gasteiger partial charge in [-0.1, -0.05) is 0 Å². The summed E-state index contributed by atoms with van der Waals surface area (Å²) >= 11 is 0. The minimum Gasteiger partial charge on any atom is -0.394 e. The van der Waals surface area contributed by atoms with Crippen molar-refractivity contribution in [2.24, 2.45) is 5.73 Å². The molecule has 1 unspecified atom stereocenters. The van der Waals surface area contributed by atoms with Crippen molar-refractivity contribution < 1.29 is 30.6 Å². The minimum absolute atomic E-state index is 0.292. The van der Waals surface area contributed by atoms with E-state index in [0.717, 1.165) is 0 Å². The minimum atomic E-state index is -1.77. The third-order valence-corrected chi connectivity index (χ3v) is 1.92. The fourth-order valence-electron chi connectivity index (χ4n) is 0.905. The van der Waals surface area contributed by atoms with Gasteiger partial charge in [-0.05, 0) is 0 Å². The molecule has 0 rings (SSSR count). The van der Waals surface area contributed by atoms with Gasteiger partial charge in [-0.15, -0.1) is 0 Å². The molecule has 0 spiro atoms. The summed E-state index contributed by atoms with van der Waals surface area (Å²) in [5.41, 5.74) is 5.00. The second-order valence-electron chi connectivity index (χ2n) is 3.02. The Morgan fingerprint density at radius 3 is 1.57 bits per heavy atom. The van der Waals surface area contributed by atoms with Gasteiger partial charge in [0.2, 0.25) is 0 Å². The number of rotatable bonds is 6. The molecule has 0 aromatic heterocycles. The SMILES string of the molecule is NC[C@H](O)[C@@H](O)[C@H](O)[C@H](O)C(O)CO. The van der Waals surface area contributed by atoms with Crippen LogP contribution < -0.4 is 5.73 Å². The van der Waals surface area contributed by atoms with Gasteiger partial charge in [-0.3, -0.25) is 0 Å². The number of hydrogen-bond donors (Lipinski definition) is 7. The lowest BCUT2D eigenvalue weighted by atomic mass is 9.99. The first kappa shape index (κ1) is 13.7. The first-order chi connectivity index (χ1) is 6.45. The van der Waals surface area contributed by atoms with Crippen LogP contribution >= 0.6 is 0 Å². The van der Waals surface area contributed by atoms with E-state index in [2.05, 4.69) is 0 Å². The van der Waals surface area contributed by atoms with E-state index < -0.39 is 37.1 Å². The summed E-state index contributed by atoms with van der Waals surface area (Å²) in [5, 5.41) is 53.9. The Balaban J connectivity index is 4.22. The lowest BCUT2D eigenvalue weighted by Gasteiger charge is -2.27. The van der Waals surface area contributed by atoms with E-state index in [1.165, 1.54) is 0 Å². The molecule has 0 amide bonds. The van der Waals surface area contributed by atoms with Crippen molar-refractivity contribution in [1.82, 2.24) is 0 Å². The monoisotopic (exact) mass is 211 g/mol. The zero-order valence-corrected chi connectivity index (χ0v) is 7.56. The predicted octanol–water partition coefficient (Wildman–Crippen LogP) is -4.26. The average molecular weight is 211 g/mol. The Bertz CT molecular complexity index is 141. The van der Waals surface area contributed by atoms with Crippen LogP contribution in [0.15, 0.2) is 0 Å². The van der Waals surface area contributed by atoms with Crippen LogP contribution in [-0.4, -0.2) is 74.3 Å². The Hall–Kier alpha value is -0.280. The Kier molecular flexibility index (Phi) is 6.12. The molecule has 0 aromatic carbocycles. The molecule has 5 atom stereocenters. The van der Waals surface area contributed by atoms with Crippen molar-refractivity contribution in [3.8, 4) is 0 Å². The summed E-state index contributed by atoms with van der Waals surface area (Å²) in [6.45, 7) is -1.05. The van der Waals surface area contributed by atoms with E-state index in [1.54, 1.807) is 0 Å². The molecule has 0 aliphatic heterocycles. The maximum Gasteiger partial charge on any atom is 0.111 e. The third kappa shape index (κ3) is 3.46. The van der Waals surface area contributed by atoms with Gasteiger partial charge in [-0.2, -0.15) is 0 Å². The van der Waals surface area contributed by atoms with Crippen molar-refractivity contribution in [2.75, 3.05) is 13.2 Å². The summed E-state index contributed by atoms with van der Waals surface area (Å²) < 4.78 is 0. The molecule has 8 N–H and O–H groups in total. The van der Waals surface area contributed by atoms with Gasteiger partial charge < -0.3 is 36.4 Å². The fourth-order valence-corrected chi connectivity index (χ4v) is 0.905. The van der Waals surface area contributed by atoms with Crippen LogP contribution in [0.1, 0.15) is 0 Å². The zero-order valence-electron chi connectivity index (χ0n) is 7.56. The van der Waals surface area contributed by atoms with Crippen molar-refractivity contribution in [3.63, 3.8) is 0 Å². The van der Waals surface area contributed by atoms with Crippen LogP contribution in [0.4, 0.5) is 0 Å². The first-order valence-corrected chi connectivity index (χ1v) is 4.17. The van der Waals surface area contributed by atoms with Crippen LogP contribution in [0.3, 0.4) is 0 Å². The summed E-state index contributed by atoms with van der Waals surface area (Å²) in [6, 6.07) is 0.